The lowest BCUT2D eigenvalue weighted by atomic mass is 10.2. The molecule has 1 saturated heterocycles. The molecule has 5 heterocycles. The van der Waals surface area contributed by atoms with Gasteiger partial charge in [-0.05, 0) is 43.2 Å². The lowest BCUT2D eigenvalue weighted by molar-refractivity contribution is 0.248. The van der Waals surface area contributed by atoms with E-state index in [0.717, 1.165) is 3.97 Å². The number of imidazole rings is 1. The first kappa shape index (κ1) is 25.7. The van der Waals surface area contributed by atoms with Crippen LogP contribution in [-0.4, -0.2) is 63.6 Å². The number of rotatable bonds is 8. The Morgan fingerprint density at radius 1 is 1.08 bits per heavy atom. The van der Waals surface area contributed by atoms with Gasteiger partial charge >= 0.3 is 0 Å². The van der Waals surface area contributed by atoms with E-state index >= 15 is 0 Å². The van der Waals surface area contributed by atoms with E-state index in [-0.39, 0.29) is 35.5 Å². The highest BCUT2D eigenvalue weighted by Gasteiger charge is 2.35. The van der Waals surface area contributed by atoms with Gasteiger partial charge in [0, 0.05) is 24.7 Å². The molecule has 1 aliphatic rings. The van der Waals surface area contributed by atoms with Crippen molar-refractivity contribution in [1.29, 1.82) is 0 Å². The van der Waals surface area contributed by atoms with E-state index in [0.29, 0.717) is 53.2 Å². The Bertz CT molecular complexity index is 1890. The van der Waals surface area contributed by atoms with Gasteiger partial charge in [-0.25, -0.2) is 30.8 Å². The van der Waals surface area contributed by atoms with Crippen molar-refractivity contribution >= 4 is 42.1 Å². The number of aliphatic hydroxyl groups is 1. The highest BCUT2D eigenvalue weighted by molar-refractivity contribution is 7.90. The minimum atomic E-state index is -3.91. The largest absolute Gasteiger partial charge is 0.455 e. The average molecular weight is 570 g/mol. The van der Waals surface area contributed by atoms with Gasteiger partial charge in [0.2, 0.25) is 10.0 Å². The molecule has 5 aromatic rings. The van der Waals surface area contributed by atoms with Gasteiger partial charge in [-0.15, -0.1) is 0 Å². The van der Waals surface area contributed by atoms with Gasteiger partial charge in [0.25, 0.3) is 10.0 Å². The smallest absolute Gasteiger partial charge is 0.269 e. The molecule has 39 heavy (non-hydrogen) atoms. The van der Waals surface area contributed by atoms with E-state index in [1.54, 1.807) is 36.4 Å². The predicted molar refractivity (Wildman–Crippen MR) is 145 cm³/mol. The summed E-state index contributed by atoms with van der Waals surface area (Å²) in [5, 5.41) is 10.1. The second-order valence-corrected chi connectivity index (χ2v) is 13.4. The van der Waals surface area contributed by atoms with Crippen LogP contribution in [0, 0.1) is 0 Å². The second-order valence-electron chi connectivity index (χ2n) is 9.50. The van der Waals surface area contributed by atoms with E-state index < -0.39 is 20.0 Å². The molecular weight excluding hydrogens is 542 g/mol. The molecule has 1 unspecified atom stereocenters. The molecule has 1 atom stereocenters. The van der Waals surface area contributed by atoms with Crippen molar-refractivity contribution in [3.05, 3.63) is 66.7 Å². The van der Waals surface area contributed by atoms with Crippen LogP contribution >= 0.6 is 0 Å². The molecule has 0 amide bonds. The second kappa shape index (κ2) is 9.59. The van der Waals surface area contributed by atoms with Gasteiger partial charge in [0.1, 0.15) is 17.9 Å². The van der Waals surface area contributed by atoms with Crippen molar-refractivity contribution in [2.45, 2.75) is 37.3 Å². The summed E-state index contributed by atoms with van der Waals surface area (Å²) in [6.45, 7) is 2.17. The molecule has 1 N–H and O–H groups in total. The summed E-state index contributed by atoms with van der Waals surface area (Å²) >= 11 is 0. The Kier molecular flexibility index (Phi) is 6.33. The van der Waals surface area contributed by atoms with Gasteiger partial charge in [0.15, 0.2) is 17.2 Å². The zero-order valence-corrected chi connectivity index (χ0v) is 22.8. The van der Waals surface area contributed by atoms with Crippen LogP contribution in [0.1, 0.15) is 31.6 Å². The maximum absolute atomic E-state index is 13.5. The van der Waals surface area contributed by atoms with Crippen LogP contribution in [0.2, 0.25) is 0 Å². The summed E-state index contributed by atoms with van der Waals surface area (Å²) in [6.07, 6.45) is 4.06. The number of pyridine rings is 1. The summed E-state index contributed by atoms with van der Waals surface area (Å²) in [6, 6.07) is 12.9. The number of aliphatic hydroxyl groups excluding tert-OH is 1. The molecule has 13 heteroatoms. The minimum Gasteiger partial charge on any atom is -0.455 e. The topological polar surface area (TPSA) is 141 Å². The minimum absolute atomic E-state index is 0.0731. The highest BCUT2D eigenvalue weighted by Crippen LogP contribution is 2.37. The maximum atomic E-state index is 13.5. The van der Waals surface area contributed by atoms with Crippen molar-refractivity contribution in [2.24, 2.45) is 0 Å². The van der Waals surface area contributed by atoms with Crippen LogP contribution in [0.5, 0.6) is 0 Å². The van der Waals surface area contributed by atoms with Crippen molar-refractivity contribution in [3.8, 4) is 11.6 Å². The van der Waals surface area contributed by atoms with Crippen molar-refractivity contribution in [2.75, 3.05) is 18.8 Å². The monoisotopic (exact) mass is 569 g/mol. The van der Waals surface area contributed by atoms with Crippen LogP contribution in [-0.2, 0) is 26.7 Å². The molecule has 6 rings (SSSR count). The van der Waals surface area contributed by atoms with Gasteiger partial charge in [-0.1, -0.05) is 25.1 Å². The van der Waals surface area contributed by atoms with Gasteiger partial charge in [0.05, 0.1) is 28.4 Å². The van der Waals surface area contributed by atoms with Crippen LogP contribution < -0.4 is 0 Å². The maximum Gasteiger partial charge on any atom is 0.269 e. The molecule has 0 bridgehead atoms. The zero-order chi connectivity index (χ0) is 27.4. The lowest BCUT2D eigenvalue weighted by Gasteiger charge is -2.18. The third kappa shape index (κ3) is 4.25. The summed E-state index contributed by atoms with van der Waals surface area (Å²) in [7, 11) is -7.32. The fourth-order valence-electron chi connectivity index (χ4n) is 5.22. The van der Waals surface area contributed by atoms with Crippen LogP contribution in [0.15, 0.2) is 70.2 Å². The summed E-state index contributed by atoms with van der Waals surface area (Å²) in [4.78, 5) is 9.38. The Morgan fingerprint density at radius 2 is 1.87 bits per heavy atom. The Balaban J connectivity index is 1.55. The molecule has 11 nitrogen and oxygen atoms in total. The summed E-state index contributed by atoms with van der Waals surface area (Å²) in [5.74, 6) is 1.31. The number of benzene rings is 1. The van der Waals surface area contributed by atoms with E-state index in [9.17, 15) is 21.9 Å². The SMILES string of the molecule is CCCS(=O)(=O)N1CCC(n2c(-c3ccc(CO)o3)nc3cnc4c(ccn4S(=O)(=O)c4ccccc4)c32)C1. The lowest BCUT2D eigenvalue weighted by Crippen LogP contribution is -2.31. The molecule has 4 aromatic heterocycles. The fourth-order valence-corrected chi connectivity index (χ4v) is 8.10. The first-order valence-electron chi connectivity index (χ1n) is 12.6. The van der Waals surface area contributed by atoms with Crippen LogP contribution in [0.4, 0.5) is 0 Å². The quantitative estimate of drug-likeness (QED) is 0.300. The molecule has 0 radical (unpaired) electrons. The standard InChI is InChI=1S/C26H27N5O6S2/c1-2-14-38(33,34)29-12-10-18(16-29)31-24-21-11-13-30(39(35,36)20-6-4-3-5-7-20)25(21)27-15-22(24)28-26(31)23-9-8-19(17-32)37-23/h3-9,11,13,15,18,32H,2,10,12,14,16-17H2,1H3. The number of aromatic nitrogens is 4. The predicted octanol–water partition coefficient (Wildman–Crippen LogP) is 3.36. The number of sulfonamides is 1. The van der Waals surface area contributed by atoms with Gasteiger partial charge < -0.3 is 14.1 Å². The molecule has 204 valence electrons. The normalized spacial score (nSPS) is 17.0. The first-order chi connectivity index (χ1) is 18.7. The molecule has 1 aliphatic heterocycles. The molecule has 0 aliphatic carbocycles. The van der Waals surface area contributed by atoms with Crippen LogP contribution in [0.25, 0.3) is 33.7 Å². The molecule has 0 spiro atoms. The van der Waals surface area contributed by atoms with Crippen LogP contribution in [0.3, 0.4) is 0 Å². The summed E-state index contributed by atoms with van der Waals surface area (Å²) in [5.41, 5.74) is 1.39. The van der Waals surface area contributed by atoms with E-state index in [1.807, 2.05) is 11.5 Å². The Hall–Kier alpha value is -3.52. The first-order valence-corrected chi connectivity index (χ1v) is 15.7. The van der Waals surface area contributed by atoms with E-state index in [1.165, 1.54) is 28.8 Å². The zero-order valence-electron chi connectivity index (χ0n) is 21.1. The van der Waals surface area contributed by atoms with Gasteiger partial charge in [-0.3, -0.25) is 0 Å². The summed E-state index contributed by atoms with van der Waals surface area (Å²) < 4.78 is 63.0. The van der Waals surface area contributed by atoms with Crippen molar-refractivity contribution in [3.63, 3.8) is 0 Å². The Morgan fingerprint density at radius 3 is 2.59 bits per heavy atom. The number of hydrogen-bond donors (Lipinski definition) is 1. The number of furan rings is 1. The number of nitrogens with zero attached hydrogens (tertiary/aromatic N) is 5. The number of hydrogen-bond acceptors (Lipinski definition) is 8. The third-order valence-corrected chi connectivity index (χ3v) is 10.7. The molecule has 1 fully saturated rings. The van der Waals surface area contributed by atoms with Gasteiger partial charge in [-0.2, -0.15) is 4.31 Å². The fraction of sp³-hybridized carbons (Fsp3) is 0.308. The van der Waals surface area contributed by atoms with Crippen molar-refractivity contribution in [1.82, 2.24) is 22.8 Å². The van der Waals surface area contributed by atoms with E-state index in [4.69, 9.17) is 9.40 Å². The average Bonchev–Trinajstić information content (AvgIpc) is 3.72. The third-order valence-electron chi connectivity index (χ3n) is 7.01. The highest BCUT2D eigenvalue weighted by atomic mass is 32.2. The molecular formula is C26H27N5O6S2. The number of fused-ring (bicyclic) bond motifs is 3. The molecule has 1 aromatic carbocycles. The Labute approximate surface area is 225 Å². The molecule has 0 saturated carbocycles. The van der Waals surface area contributed by atoms with E-state index in [2.05, 4.69) is 4.98 Å². The van der Waals surface area contributed by atoms with Crippen molar-refractivity contribution < 1.29 is 26.4 Å².